The fourth-order valence-corrected chi connectivity index (χ4v) is 17.9. The molecule has 0 aromatic heterocycles. The van der Waals surface area contributed by atoms with Crippen LogP contribution in [0.15, 0.2) is 42.0 Å². The van der Waals surface area contributed by atoms with Crippen molar-refractivity contribution in [1.29, 1.82) is 0 Å². The fraction of sp³-hybridized carbons (Fsp3) is 0.725. The number of esters is 1. The molecular weight excluding hydrogens is 771 g/mol. The van der Waals surface area contributed by atoms with Gasteiger partial charge >= 0.3 is 5.97 Å². The number of hydrogen-bond donors (Lipinski definition) is 7. The van der Waals surface area contributed by atoms with E-state index in [0.717, 1.165) is 47.8 Å². The number of benzene rings is 1. The number of rotatable bonds is 4. The normalized spacial score (nSPS) is 50.6. The van der Waals surface area contributed by atoms with Gasteiger partial charge in [-0.3, -0.25) is 0 Å². The van der Waals surface area contributed by atoms with Crippen molar-refractivity contribution in [3.63, 3.8) is 0 Å². The Bertz CT molecular complexity index is 2100. The molecule has 0 unspecified atom stereocenters. The Morgan fingerprint density at radius 2 is 1.75 bits per heavy atom. The summed E-state index contributed by atoms with van der Waals surface area (Å²) in [5.41, 5.74) is -5.01. The Morgan fingerprint density at radius 1 is 0.934 bits per heavy atom. The quantitative estimate of drug-likeness (QED) is 0.100. The lowest BCUT2D eigenvalue weighted by Crippen LogP contribution is -2.85. The number of allylic oxidation sites excluding steroid dienone is 2. The van der Waals surface area contributed by atoms with Gasteiger partial charge in [-0.25, -0.2) is 4.79 Å². The van der Waals surface area contributed by atoms with E-state index in [9.17, 15) is 40.2 Å². The molecule has 328 valence electrons. The minimum absolute atomic E-state index is 0.0630. The Labute approximate surface area is 359 Å². The number of carbonyl (C=O) groups excluding carboxylic acids is 2. The first-order valence-corrected chi connectivity index (χ1v) is 23.9. The first-order valence-electron chi connectivity index (χ1n) is 23.9. The average Bonchev–Trinajstić information content (AvgIpc) is 3.97. The van der Waals surface area contributed by atoms with E-state index in [1.54, 1.807) is 6.08 Å². The second kappa shape index (κ2) is 14.3. The van der Waals surface area contributed by atoms with Crippen LogP contribution in [-0.4, -0.2) is 91.1 Å². The zero-order valence-electron chi connectivity index (χ0n) is 35.6. The van der Waals surface area contributed by atoms with E-state index < -0.39 is 69.7 Å². The number of ether oxygens (including phenoxy) is 1. The van der Waals surface area contributed by atoms with Crippen molar-refractivity contribution in [3.05, 3.63) is 58.7 Å². The monoisotopic (exact) mass is 835 g/mol. The molecule has 11 aliphatic rings. The third kappa shape index (κ3) is 5.18. The van der Waals surface area contributed by atoms with Crippen LogP contribution < -0.4 is 5.32 Å². The molecule has 61 heavy (non-hydrogen) atoms. The molecule has 1 heterocycles. The zero-order chi connectivity index (χ0) is 42.3. The Kier molecular flexibility index (Phi) is 9.59. The van der Waals surface area contributed by atoms with Crippen molar-refractivity contribution in [2.75, 3.05) is 7.05 Å². The summed E-state index contributed by atoms with van der Waals surface area (Å²) in [5.74, 6) is 4.13. The van der Waals surface area contributed by atoms with Crippen LogP contribution in [0.2, 0.25) is 0 Å². The lowest BCUT2D eigenvalue weighted by atomic mass is 9.35. The van der Waals surface area contributed by atoms with Gasteiger partial charge in [0.15, 0.2) is 0 Å². The van der Waals surface area contributed by atoms with Gasteiger partial charge in [0.2, 0.25) is 0 Å². The van der Waals surface area contributed by atoms with Crippen molar-refractivity contribution in [2.45, 2.75) is 150 Å². The number of likely N-dealkylation sites (N-methyl/N-ethyl adjacent to an activating group) is 1. The highest BCUT2D eigenvalue weighted by molar-refractivity contribution is 5.86. The summed E-state index contributed by atoms with van der Waals surface area (Å²) < 4.78 is 6.24. The topological polar surface area (TPSA) is 177 Å². The number of fused-ring (bicyclic) bond motifs is 7. The van der Waals surface area contributed by atoms with E-state index in [1.807, 2.05) is 25.2 Å². The summed E-state index contributed by atoms with van der Waals surface area (Å²) in [5, 5.41) is 81.5. The smallest absolute Gasteiger partial charge is 0.331 e. The van der Waals surface area contributed by atoms with Gasteiger partial charge in [0.05, 0.1) is 29.8 Å². The molecule has 0 saturated heterocycles. The number of hydrogen-bond acceptors (Lipinski definition) is 10. The predicted molar refractivity (Wildman–Crippen MR) is 225 cm³/mol. The Balaban J connectivity index is 1.08. The summed E-state index contributed by atoms with van der Waals surface area (Å²) in [6.07, 6.45) is 13.7. The molecule has 10 aliphatic carbocycles. The molecule has 0 radical (unpaired) electrons. The van der Waals surface area contributed by atoms with E-state index in [4.69, 9.17) is 4.74 Å². The molecule has 0 amide bonds. The van der Waals surface area contributed by atoms with Gasteiger partial charge < -0.3 is 45.5 Å². The van der Waals surface area contributed by atoms with Gasteiger partial charge in [0.25, 0.3) is 0 Å². The van der Waals surface area contributed by atoms with Crippen LogP contribution in [0.25, 0.3) is 0 Å². The summed E-state index contributed by atoms with van der Waals surface area (Å²) >= 11 is 0. The number of aldehydes is 1. The molecule has 10 nitrogen and oxygen atoms in total. The summed E-state index contributed by atoms with van der Waals surface area (Å²) in [6.45, 7) is -0.129. The van der Waals surface area contributed by atoms with E-state index >= 15 is 0 Å². The standard InChI is InChI=1S/C51H65NO9/c1-52-40-23-34-29(11-6-13-31(34)26-53)10-4-5-17-47-19-16-42-48(27-54)18-15-41(55)38-21-30-12-7-14-33(28-8-2-3-9-28)35(30)22-39(50(38,48)59)46(57)51(42,60)49(47,58)25-32-20-36(40)45-37(44(32)47)24-43(56)61-45/h6-7,11-13,24,27-28,30,32-33,35-36,38-42,44-46,52-53,55,57-60H,2-3,5,8-9,14-23,25-26H2,1H3/t30-,32+,33-,35+,36+,38+,39-,40-,41+,42-,44-,45+,46+,47-,48+,49-,50-,51-/m1/s1. The SMILES string of the molecule is CN[C@@H]1Cc2c(cccc2CO)C#CCC[C@]23CC[C@H]4[C@@](O)([C@@H](O)[C@H]5C[C@H]6[C@H](C=CC[C@@H]6C6CCCC6)C[C@H]6[C@@H](O)CC[C@@]4(C=O)[C@]56O)[C@@]2(O)C[C@@H]2C[C@@H]1[C@@H]1OC(=O)C=C1[C@@H]23. The number of nitrogens with one attached hydrogen (secondary N) is 1. The van der Waals surface area contributed by atoms with E-state index in [1.165, 1.54) is 12.8 Å². The number of aliphatic hydroxyl groups excluding tert-OH is 3. The van der Waals surface area contributed by atoms with Crippen LogP contribution in [-0.2, 0) is 27.4 Å². The van der Waals surface area contributed by atoms with E-state index in [-0.39, 0.29) is 61.5 Å². The molecule has 12 rings (SSSR count). The molecule has 7 N–H and O–H groups in total. The molecule has 1 aliphatic heterocycles. The lowest BCUT2D eigenvalue weighted by molar-refractivity contribution is -0.375. The molecule has 10 heteroatoms. The minimum atomic E-state index is -2.19. The van der Waals surface area contributed by atoms with Crippen LogP contribution in [0.1, 0.15) is 113 Å². The van der Waals surface area contributed by atoms with Crippen LogP contribution >= 0.6 is 0 Å². The molecule has 18 atom stereocenters. The van der Waals surface area contributed by atoms with Gasteiger partial charge in [-0.15, -0.1) is 0 Å². The van der Waals surface area contributed by atoms with Crippen molar-refractivity contribution < 1.29 is 45.0 Å². The molecule has 7 fully saturated rings. The minimum Gasteiger partial charge on any atom is -0.454 e. The summed E-state index contributed by atoms with van der Waals surface area (Å²) in [7, 11) is 1.90. The van der Waals surface area contributed by atoms with Crippen LogP contribution in [0.3, 0.4) is 0 Å². The van der Waals surface area contributed by atoms with E-state index in [2.05, 4.69) is 29.3 Å². The second-order valence-electron chi connectivity index (χ2n) is 21.7. The largest absolute Gasteiger partial charge is 0.454 e. The van der Waals surface area contributed by atoms with Gasteiger partial charge in [-0.1, -0.05) is 61.8 Å². The fourth-order valence-electron chi connectivity index (χ4n) is 17.9. The third-order valence-electron chi connectivity index (χ3n) is 20.2. The number of aliphatic hydroxyl groups is 6. The average molecular weight is 836 g/mol. The molecule has 7 saturated carbocycles. The second-order valence-corrected chi connectivity index (χ2v) is 21.7. The highest BCUT2D eigenvalue weighted by Crippen LogP contribution is 2.77. The third-order valence-corrected chi connectivity index (χ3v) is 20.2. The maximum Gasteiger partial charge on any atom is 0.331 e. The molecule has 1 aromatic carbocycles. The first-order chi connectivity index (χ1) is 29.4. The maximum absolute atomic E-state index is 14.3. The maximum atomic E-state index is 14.3. The number of carbonyl (C=O) groups is 2. The van der Waals surface area contributed by atoms with Crippen molar-refractivity contribution in [1.82, 2.24) is 5.32 Å². The van der Waals surface area contributed by atoms with Crippen LogP contribution in [0.5, 0.6) is 0 Å². The molecule has 4 bridgehead atoms. The Morgan fingerprint density at radius 3 is 2.52 bits per heavy atom. The van der Waals surface area contributed by atoms with Gasteiger partial charge in [-0.2, -0.15) is 0 Å². The lowest BCUT2D eigenvalue weighted by Gasteiger charge is -2.73. The molecular formula is C51H65NO9. The summed E-state index contributed by atoms with van der Waals surface area (Å²) in [6, 6.07) is 5.62. The van der Waals surface area contributed by atoms with Crippen LogP contribution in [0.4, 0.5) is 0 Å². The highest BCUT2D eigenvalue weighted by atomic mass is 16.5. The molecule has 1 spiro atoms. The van der Waals surface area contributed by atoms with Crippen molar-refractivity contribution in [2.24, 2.45) is 70.0 Å². The van der Waals surface area contributed by atoms with Gasteiger partial charge in [0.1, 0.15) is 23.6 Å². The van der Waals surface area contributed by atoms with E-state index in [0.29, 0.717) is 63.2 Å². The van der Waals surface area contributed by atoms with Crippen molar-refractivity contribution >= 4 is 12.3 Å². The zero-order valence-corrected chi connectivity index (χ0v) is 35.6. The van der Waals surface area contributed by atoms with Crippen LogP contribution in [0, 0.1) is 81.8 Å². The molecule has 1 aromatic rings. The highest BCUT2D eigenvalue weighted by Gasteiger charge is 2.85. The van der Waals surface area contributed by atoms with Gasteiger partial charge in [-0.05, 0) is 136 Å². The Hall–Kier alpha value is -2.88. The first kappa shape index (κ1) is 40.9. The van der Waals surface area contributed by atoms with Gasteiger partial charge in [0, 0.05) is 53.2 Å². The van der Waals surface area contributed by atoms with Crippen molar-refractivity contribution in [3.8, 4) is 11.8 Å². The predicted octanol–water partition coefficient (Wildman–Crippen LogP) is 4.29. The summed E-state index contributed by atoms with van der Waals surface area (Å²) in [4.78, 5) is 27.8.